The van der Waals surface area contributed by atoms with Crippen molar-refractivity contribution in [2.75, 3.05) is 45.9 Å². The van der Waals surface area contributed by atoms with Gasteiger partial charge in [-0.2, -0.15) is 0 Å². The minimum Gasteiger partial charge on any atom is -0.480 e. The number of carbonyl (C=O) groups excluding carboxylic acids is 6. The number of aromatic nitrogens is 1. The number of pyridine rings is 1. The number of rotatable bonds is 13. The van der Waals surface area contributed by atoms with Crippen LogP contribution in [0.15, 0.2) is 24.3 Å². The fourth-order valence-electron chi connectivity index (χ4n) is 6.35. The normalized spacial score (nSPS) is 17.2. The molecular formula is C38H54N6O9. The zero-order chi connectivity index (χ0) is 38.9. The highest BCUT2D eigenvalue weighted by Gasteiger charge is 2.37. The first-order chi connectivity index (χ1) is 25.1. The van der Waals surface area contributed by atoms with Gasteiger partial charge in [-0.15, -0.1) is 0 Å². The number of hydrogen-bond acceptors (Lipinski definition) is 10. The van der Waals surface area contributed by atoms with E-state index in [0.29, 0.717) is 36.8 Å². The molecule has 15 nitrogen and oxygen atoms in total. The van der Waals surface area contributed by atoms with E-state index in [2.05, 4.69) is 15.6 Å². The molecule has 1 aromatic heterocycles. The Balaban J connectivity index is 1.56. The number of nitrogens with zero attached hydrogens (tertiary/aromatic N) is 4. The quantitative estimate of drug-likeness (QED) is 0.290. The maximum Gasteiger partial charge on any atom is 0.409 e. The third-order valence-corrected chi connectivity index (χ3v) is 8.98. The smallest absolute Gasteiger partial charge is 0.409 e. The zero-order valence-electron chi connectivity index (χ0n) is 32.0. The van der Waals surface area contributed by atoms with Crippen LogP contribution in [-0.2, 0) is 28.7 Å². The number of amides is 5. The lowest BCUT2D eigenvalue weighted by atomic mass is 10.1. The van der Waals surface area contributed by atoms with Crippen LogP contribution in [-0.4, -0.2) is 125 Å². The van der Waals surface area contributed by atoms with Crippen molar-refractivity contribution in [3.63, 3.8) is 0 Å². The Labute approximate surface area is 311 Å². The fraction of sp³-hybridized carbons (Fsp3) is 0.605. The summed E-state index contributed by atoms with van der Waals surface area (Å²) in [4.78, 5) is 88.4. The summed E-state index contributed by atoms with van der Waals surface area (Å²) >= 11 is 0. The van der Waals surface area contributed by atoms with Gasteiger partial charge in [-0.1, -0.05) is 13.0 Å². The number of benzene rings is 1. The van der Waals surface area contributed by atoms with Crippen molar-refractivity contribution in [1.82, 2.24) is 30.3 Å². The molecule has 15 heteroatoms. The number of aryl methyl sites for hydroxylation is 1. The summed E-state index contributed by atoms with van der Waals surface area (Å²) in [5, 5.41) is 6.23. The van der Waals surface area contributed by atoms with E-state index in [1.54, 1.807) is 56.6 Å². The third kappa shape index (κ3) is 11.0. The van der Waals surface area contributed by atoms with E-state index in [9.17, 15) is 28.8 Å². The largest absolute Gasteiger partial charge is 0.480 e. The van der Waals surface area contributed by atoms with Crippen molar-refractivity contribution in [2.45, 2.75) is 104 Å². The summed E-state index contributed by atoms with van der Waals surface area (Å²) in [5.41, 5.74) is 0.528. The number of nitrogens with one attached hydrogen (secondary N) is 2. The maximum absolute atomic E-state index is 13.9. The van der Waals surface area contributed by atoms with Gasteiger partial charge in [-0.3, -0.25) is 24.0 Å². The highest BCUT2D eigenvalue weighted by molar-refractivity contribution is 6.00. The standard InChI is InChI=1S/C38H54N6O9/c1-8-16-39-34(47)30-11-10-17-44(30)35(48)25(4)52-31-23-29(40-28-22-24(3)12-13-26(28)31)33(46)41-27(14-15-32(45)53-38(5,6)7)36(49)42-18-20-43(21-19-42)37(50)51-9-2/h12-13,22-23,25,27,30H,8-11,14-21H2,1-7H3,(H,39,47)(H,41,46)/t25-,27+,30+/m1/s1. The van der Waals surface area contributed by atoms with Crippen LogP contribution in [0.3, 0.4) is 0 Å². The molecule has 290 valence electrons. The van der Waals surface area contributed by atoms with Crippen LogP contribution in [0, 0.1) is 6.92 Å². The van der Waals surface area contributed by atoms with Crippen LogP contribution in [0.1, 0.15) is 89.7 Å². The van der Waals surface area contributed by atoms with Gasteiger partial charge in [0, 0.05) is 57.1 Å². The Bertz CT molecular complexity index is 1670. The van der Waals surface area contributed by atoms with Gasteiger partial charge >= 0.3 is 12.1 Å². The van der Waals surface area contributed by atoms with Gasteiger partial charge in [-0.25, -0.2) is 9.78 Å². The van der Waals surface area contributed by atoms with E-state index in [-0.39, 0.29) is 68.9 Å². The maximum atomic E-state index is 13.9. The van der Waals surface area contributed by atoms with Crippen LogP contribution in [0.4, 0.5) is 4.79 Å². The molecule has 2 N–H and O–H groups in total. The highest BCUT2D eigenvalue weighted by atomic mass is 16.6. The summed E-state index contributed by atoms with van der Waals surface area (Å²) < 4.78 is 16.8. The van der Waals surface area contributed by atoms with Crippen molar-refractivity contribution >= 4 is 46.6 Å². The number of esters is 1. The minimum atomic E-state index is -1.12. The van der Waals surface area contributed by atoms with Gasteiger partial charge in [0.05, 0.1) is 12.1 Å². The molecule has 2 saturated heterocycles. The Morgan fingerprint density at radius 3 is 2.32 bits per heavy atom. The molecule has 0 aliphatic carbocycles. The number of likely N-dealkylation sites (tertiary alicyclic amines) is 1. The predicted molar refractivity (Wildman–Crippen MR) is 196 cm³/mol. The van der Waals surface area contributed by atoms with Crippen LogP contribution < -0.4 is 15.4 Å². The van der Waals surface area contributed by atoms with Crippen molar-refractivity contribution < 1.29 is 43.0 Å². The van der Waals surface area contributed by atoms with E-state index in [1.165, 1.54) is 11.0 Å². The van der Waals surface area contributed by atoms with Crippen LogP contribution in [0.5, 0.6) is 5.75 Å². The Kier molecular flexibility index (Phi) is 14.0. The van der Waals surface area contributed by atoms with E-state index < -0.39 is 47.7 Å². The van der Waals surface area contributed by atoms with Crippen LogP contribution in [0.25, 0.3) is 10.9 Å². The summed E-state index contributed by atoms with van der Waals surface area (Å²) in [6.07, 6.45) is 0.408. The SMILES string of the molecule is CCCNC(=O)[C@@H]1CCCN1C(=O)[C@@H](C)Oc1cc(C(=O)N[C@@H](CCC(=O)OC(C)(C)C)C(=O)N2CCN(C(=O)OCC)CC2)nc2cc(C)ccc12. The molecular weight excluding hydrogens is 684 g/mol. The lowest BCUT2D eigenvalue weighted by molar-refractivity contribution is -0.155. The average molecular weight is 739 g/mol. The zero-order valence-corrected chi connectivity index (χ0v) is 32.0. The second-order valence-electron chi connectivity index (χ2n) is 14.4. The number of carbonyl (C=O) groups is 6. The molecule has 2 aromatic rings. The molecule has 53 heavy (non-hydrogen) atoms. The minimum absolute atomic E-state index is 0.0397. The Morgan fingerprint density at radius 1 is 0.962 bits per heavy atom. The molecule has 0 spiro atoms. The first kappa shape index (κ1) is 40.8. The predicted octanol–water partition coefficient (Wildman–Crippen LogP) is 3.35. The van der Waals surface area contributed by atoms with Gasteiger partial charge in [-0.05, 0) is 84.9 Å². The summed E-state index contributed by atoms with van der Waals surface area (Å²) in [5.74, 6) is -1.92. The molecule has 0 saturated carbocycles. The molecule has 2 aliphatic heterocycles. The summed E-state index contributed by atoms with van der Waals surface area (Å²) in [6.45, 7) is 14.5. The first-order valence-corrected chi connectivity index (χ1v) is 18.5. The highest BCUT2D eigenvalue weighted by Crippen LogP contribution is 2.29. The molecule has 2 aliphatic rings. The monoisotopic (exact) mass is 738 g/mol. The van der Waals surface area contributed by atoms with E-state index in [4.69, 9.17) is 14.2 Å². The second-order valence-corrected chi connectivity index (χ2v) is 14.4. The van der Waals surface area contributed by atoms with Gasteiger partial charge in [0.1, 0.15) is 29.1 Å². The molecule has 5 amide bonds. The number of fused-ring (bicyclic) bond motifs is 1. The van der Waals surface area contributed by atoms with Gasteiger partial charge in [0.2, 0.25) is 11.8 Å². The molecule has 4 rings (SSSR count). The lowest BCUT2D eigenvalue weighted by Crippen LogP contribution is -2.56. The molecule has 0 unspecified atom stereocenters. The lowest BCUT2D eigenvalue weighted by Gasteiger charge is -2.36. The molecule has 3 atom stereocenters. The van der Waals surface area contributed by atoms with Gasteiger partial charge in [0.25, 0.3) is 11.8 Å². The Hall–Kier alpha value is -4.95. The topological polar surface area (TPSA) is 177 Å². The third-order valence-electron chi connectivity index (χ3n) is 8.98. The van der Waals surface area contributed by atoms with Gasteiger partial charge in [0.15, 0.2) is 6.10 Å². The molecule has 1 aromatic carbocycles. The second kappa shape index (κ2) is 18.2. The van der Waals surface area contributed by atoms with Crippen molar-refractivity contribution in [1.29, 1.82) is 0 Å². The van der Waals surface area contributed by atoms with Crippen molar-refractivity contribution in [2.24, 2.45) is 0 Å². The molecule has 0 radical (unpaired) electrons. The summed E-state index contributed by atoms with van der Waals surface area (Å²) in [6, 6.07) is 5.18. The van der Waals surface area contributed by atoms with E-state index >= 15 is 0 Å². The molecule has 3 heterocycles. The van der Waals surface area contributed by atoms with Crippen LogP contribution in [0.2, 0.25) is 0 Å². The fourth-order valence-corrected chi connectivity index (χ4v) is 6.35. The molecule has 2 fully saturated rings. The number of ether oxygens (including phenoxy) is 3. The van der Waals surface area contributed by atoms with Crippen LogP contribution >= 0.6 is 0 Å². The van der Waals surface area contributed by atoms with E-state index in [0.717, 1.165) is 12.0 Å². The Morgan fingerprint density at radius 2 is 1.66 bits per heavy atom. The number of hydrogen-bond donors (Lipinski definition) is 2. The summed E-state index contributed by atoms with van der Waals surface area (Å²) in [7, 11) is 0. The van der Waals surface area contributed by atoms with Crippen molar-refractivity contribution in [3.8, 4) is 5.75 Å². The molecule has 0 bridgehead atoms. The average Bonchev–Trinajstić information content (AvgIpc) is 3.61. The van der Waals surface area contributed by atoms with Crippen molar-refractivity contribution in [3.05, 3.63) is 35.5 Å². The first-order valence-electron chi connectivity index (χ1n) is 18.5. The number of piperazine rings is 1. The van der Waals surface area contributed by atoms with E-state index in [1.807, 2.05) is 19.9 Å². The van der Waals surface area contributed by atoms with Gasteiger partial charge < -0.3 is 39.5 Å².